The number of nitrogens with zero attached hydrogens (tertiary/aromatic N) is 3. The molecule has 1 aliphatic carbocycles. The summed E-state index contributed by atoms with van der Waals surface area (Å²) in [5, 5.41) is 10.9. The molecule has 0 aromatic carbocycles. The van der Waals surface area contributed by atoms with Crippen molar-refractivity contribution in [2.24, 2.45) is 11.8 Å². The van der Waals surface area contributed by atoms with Crippen molar-refractivity contribution in [3.05, 3.63) is 22.2 Å². The lowest BCUT2D eigenvalue weighted by molar-refractivity contribution is -0.384. The van der Waals surface area contributed by atoms with Crippen LogP contribution in [0.1, 0.15) is 12.8 Å². The first kappa shape index (κ1) is 14.5. The Balaban J connectivity index is 1.94. The van der Waals surface area contributed by atoms with Crippen molar-refractivity contribution in [2.45, 2.75) is 12.8 Å². The normalized spacial score (nSPS) is 14.1. The van der Waals surface area contributed by atoms with Crippen molar-refractivity contribution >= 4 is 17.3 Å². The standard InChI is InChI=1S/C12H19N5O3/c1-16(4-5-20-8-9-2-3-9)12-7-10(17(18)19)6-11(14-12)15-13/h6-7,9H,2-5,8,13H2,1H3,(H,14,15). The number of nitrogen functional groups attached to an aromatic ring is 1. The van der Waals surface area contributed by atoms with Crippen LogP contribution in [0.25, 0.3) is 0 Å². The molecule has 0 amide bonds. The molecule has 0 atom stereocenters. The first-order chi connectivity index (χ1) is 9.60. The number of hydrogen-bond donors (Lipinski definition) is 2. The fourth-order valence-corrected chi connectivity index (χ4v) is 1.73. The molecule has 1 aromatic rings. The minimum Gasteiger partial charge on any atom is -0.379 e. The van der Waals surface area contributed by atoms with Gasteiger partial charge in [-0.1, -0.05) is 0 Å². The Bertz CT molecular complexity index is 478. The van der Waals surface area contributed by atoms with Gasteiger partial charge in [-0.05, 0) is 18.8 Å². The Morgan fingerprint density at radius 3 is 2.95 bits per heavy atom. The van der Waals surface area contributed by atoms with Gasteiger partial charge in [0.2, 0.25) is 0 Å². The molecule has 2 rings (SSSR count). The van der Waals surface area contributed by atoms with Crippen LogP contribution < -0.4 is 16.2 Å². The number of aromatic nitrogens is 1. The van der Waals surface area contributed by atoms with E-state index in [9.17, 15) is 10.1 Å². The monoisotopic (exact) mass is 281 g/mol. The Kier molecular flexibility index (Phi) is 4.70. The first-order valence-electron chi connectivity index (χ1n) is 6.52. The van der Waals surface area contributed by atoms with E-state index in [1.54, 1.807) is 4.90 Å². The van der Waals surface area contributed by atoms with E-state index in [0.29, 0.717) is 19.0 Å². The molecule has 8 heteroatoms. The molecule has 0 bridgehead atoms. The minimum absolute atomic E-state index is 0.0475. The number of pyridine rings is 1. The van der Waals surface area contributed by atoms with Crippen LogP contribution in [-0.4, -0.2) is 36.7 Å². The van der Waals surface area contributed by atoms with E-state index in [0.717, 1.165) is 12.5 Å². The van der Waals surface area contributed by atoms with Crippen LogP contribution in [0.4, 0.5) is 17.3 Å². The van der Waals surface area contributed by atoms with Gasteiger partial charge < -0.3 is 15.1 Å². The van der Waals surface area contributed by atoms with Crippen molar-refractivity contribution in [3.63, 3.8) is 0 Å². The van der Waals surface area contributed by atoms with Gasteiger partial charge in [0, 0.05) is 20.2 Å². The number of ether oxygens (including phenoxy) is 1. The van der Waals surface area contributed by atoms with Gasteiger partial charge in [0.05, 0.1) is 23.7 Å². The Morgan fingerprint density at radius 2 is 2.35 bits per heavy atom. The molecule has 0 saturated heterocycles. The molecule has 0 spiro atoms. The van der Waals surface area contributed by atoms with Crippen LogP contribution in [0, 0.1) is 16.0 Å². The SMILES string of the molecule is CN(CCOCC1CC1)c1cc([N+](=O)[O-])cc(NN)n1. The molecule has 110 valence electrons. The van der Waals surface area contributed by atoms with Crippen LogP contribution in [0.2, 0.25) is 0 Å². The summed E-state index contributed by atoms with van der Waals surface area (Å²) in [6.45, 7) is 1.99. The van der Waals surface area contributed by atoms with E-state index in [1.165, 1.54) is 25.0 Å². The zero-order valence-electron chi connectivity index (χ0n) is 11.4. The lowest BCUT2D eigenvalue weighted by Crippen LogP contribution is -2.24. The van der Waals surface area contributed by atoms with Crippen molar-refractivity contribution in [3.8, 4) is 0 Å². The number of rotatable bonds is 8. The minimum atomic E-state index is -0.469. The maximum Gasteiger partial charge on any atom is 0.276 e. The van der Waals surface area contributed by atoms with Gasteiger partial charge in [-0.15, -0.1) is 0 Å². The van der Waals surface area contributed by atoms with Gasteiger partial charge in [-0.2, -0.15) is 0 Å². The zero-order chi connectivity index (χ0) is 14.5. The molecule has 1 heterocycles. The number of nitrogens with two attached hydrogens (primary N) is 1. The smallest absolute Gasteiger partial charge is 0.276 e. The fourth-order valence-electron chi connectivity index (χ4n) is 1.73. The second-order valence-electron chi connectivity index (χ2n) is 4.91. The average molecular weight is 281 g/mol. The maximum absolute atomic E-state index is 10.9. The van der Waals surface area contributed by atoms with Crippen molar-refractivity contribution < 1.29 is 9.66 Å². The molecule has 1 fully saturated rings. The van der Waals surface area contributed by atoms with Crippen LogP contribution in [-0.2, 0) is 4.74 Å². The molecule has 1 aliphatic rings. The summed E-state index contributed by atoms with van der Waals surface area (Å²) in [6.07, 6.45) is 2.52. The van der Waals surface area contributed by atoms with Gasteiger partial charge in [0.15, 0.2) is 0 Å². The predicted octanol–water partition coefficient (Wildman–Crippen LogP) is 1.14. The third-order valence-corrected chi connectivity index (χ3v) is 3.17. The second-order valence-corrected chi connectivity index (χ2v) is 4.91. The summed E-state index contributed by atoms with van der Waals surface area (Å²) in [5.74, 6) is 6.75. The number of hydrazine groups is 1. The van der Waals surface area contributed by atoms with E-state index in [4.69, 9.17) is 10.6 Å². The lowest BCUT2D eigenvalue weighted by Gasteiger charge is -2.18. The number of likely N-dealkylation sites (N-methyl/N-ethyl adjacent to an activating group) is 1. The molecule has 8 nitrogen and oxygen atoms in total. The largest absolute Gasteiger partial charge is 0.379 e. The summed E-state index contributed by atoms with van der Waals surface area (Å²) >= 11 is 0. The van der Waals surface area contributed by atoms with Crippen molar-refractivity contribution in [1.82, 2.24) is 4.98 Å². The average Bonchev–Trinajstić information content (AvgIpc) is 3.26. The highest BCUT2D eigenvalue weighted by Crippen LogP contribution is 2.28. The van der Waals surface area contributed by atoms with Crippen LogP contribution >= 0.6 is 0 Å². The van der Waals surface area contributed by atoms with Crippen molar-refractivity contribution in [1.29, 1.82) is 0 Å². The molecule has 0 radical (unpaired) electrons. The molecule has 0 aliphatic heterocycles. The number of hydrogen-bond acceptors (Lipinski definition) is 7. The van der Waals surface area contributed by atoms with Gasteiger partial charge in [0.1, 0.15) is 11.6 Å². The highest BCUT2D eigenvalue weighted by Gasteiger charge is 2.21. The number of nitrogens with one attached hydrogen (secondary N) is 1. The summed E-state index contributed by atoms with van der Waals surface area (Å²) in [5.41, 5.74) is 2.29. The van der Waals surface area contributed by atoms with Crippen LogP contribution in [0.5, 0.6) is 0 Å². The van der Waals surface area contributed by atoms with E-state index in [2.05, 4.69) is 10.4 Å². The van der Waals surface area contributed by atoms with E-state index < -0.39 is 4.92 Å². The molecule has 3 N–H and O–H groups in total. The predicted molar refractivity (Wildman–Crippen MR) is 75.5 cm³/mol. The molecule has 1 aromatic heterocycles. The van der Waals surface area contributed by atoms with E-state index in [1.807, 2.05) is 7.05 Å². The quantitative estimate of drug-likeness (QED) is 0.318. The molecule has 0 unspecified atom stereocenters. The van der Waals surface area contributed by atoms with E-state index >= 15 is 0 Å². The van der Waals surface area contributed by atoms with Gasteiger partial charge in [-0.25, -0.2) is 10.8 Å². The van der Waals surface area contributed by atoms with Crippen LogP contribution in [0.3, 0.4) is 0 Å². The van der Waals surface area contributed by atoms with E-state index in [-0.39, 0.29) is 11.5 Å². The van der Waals surface area contributed by atoms with Gasteiger partial charge in [0.25, 0.3) is 5.69 Å². The summed E-state index contributed by atoms with van der Waals surface area (Å²) in [7, 11) is 1.81. The lowest BCUT2D eigenvalue weighted by atomic mass is 10.3. The summed E-state index contributed by atoms with van der Waals surface area (Å²) < 4.78 is 5.54. The molecular formula is C12H19N5O3. The number of anilines is 2. The Morgan fingerprint density at radius 1 is 1.60 bits per heavy atom. The summed E-state index contributed by atoms with van der Waals surface area (Å²) in [4.78, 5) is 16.4. The zero-order valence-corrected chi connectivity index (χ0v) is 11.4. The highest BCUT2D eigenvalue weighted by atomic mass is 16.6. The Labute approximate surface area is 117 Å². The maximum atomic E-state index is 10.9. The molecular weight excluding hydrogens is 262 g/mol. The Hall–Kier alpha value is -1.93. The van der Waals surface area contributed by atoms with Crippen molar-refractivity contribution in [2.75, 3.05) is 37.1 Å². The second kappa shape index (κ2) is 6.49. The summed E-state index contributed by atoms with van der Waals surface area (Å²) in [6, 6.07) is 2.71. The topological polar surface area (TPSA) is 107 Å². The van der Waals surface area contributed by atoms with Crippen LogP contribution in [0.15, 0.2) is 12.1 Å². The molecule has 1 saturated carbocycles. The first-order valence-corrected chi connectivity index (χ1v) is 6.52. The third-order valence-electron chi connectivity index (χ3n) is 3.17. The molecule has 20 heavy (non-hydrogen) atoms. The highest BCUT2D eigenvalue weighted by molar-refractivity contribution is 5.55. The number of nitro groups is 1. The van der Waals surface area contributed by atoms with Gasteiger partial charge in [-0.3, -0.25) is 10.1 Å². The third kappa shape index (κ3) is 4.04. The fraction of sp³-hybridized carbons (Fsp3) is 0.583. The van der Waals surface area contributed by atoms with Gasteiger partial charge >= 0.3 is 0 Å².